The summed E-state index contributed by atoms with van der Waals surface area (Å²) in [4.78, 5) is 22.0. The first kappa shape index (κ1) is 17.7. The Bertz CT molecular complexity index is 474. The first-order valence-electron chi connectivity index (χ1n) is 5.68. The molecule has 7 heteroatoms. The van der Waals surface area contributed by atoms with Crippen molar-refractivity contribution >= 4 is 11.9 Å². The number of hydrogen-bond acceptors (Lipinski definition) is 4. The molecule has 0 aliphatic carbocycles. The Balaban J connectivity index is 0.00000361. The van der Waals surface area contributed by atoms with Gasteiger partial charge in [-0.2, -0.15) is 0 Å². The van der Waals surface area contributed by atoms with Crippen LogP contribution in [0.2, 0.25) is 0 Å². The van der Waals surface area contributed by atoms with Crippen LogP contribution >= 0.6 is 0 Å². The van der Waals surface area contributed by atoms with Gasteiger partial charge in [0.2, 0.25) is 5.91 Å². The zero-order chi connectivity index (χ0) is 14.4. The fourth-order valence-corrected chi connectivity index (χ4v) is 1.69. The molecule has 1 aromatic carbocycles. The van der Waals surface area contributed by atoms with Gasteiger partial charge in [-0.25, -0.2) is 4.79 Å². The first-order valence-corrected chi connectivity index (χ1v) is 5.68. The van der Waals surface area contributed by atoms with E-state index < -0.39 is 12.0 Å². The number of hydrogen-bond donors (Lipinski definition) is 2. The van der Waals surface area contributed by atoms with Gasteiger partial charge < -0.3 is 25.4 Å². The zero-order valence-corrected chi connectivity index (χ0v) is 11.6. The van der Waals surface area contributed by atoms with E-state index in [2.05, 4.69) is 5.32 Å². The molecular formula is C13H19NO6. The van der Waals surface area contributed by atoms with Crippen LogP contribution in [0.15, 0.2) is 18.2 Å². The zero-order valence-electron chi connectivity index (χ0n) is 11.6. The molecule has 112 valence electrons. The Morgan fingerprint density at radius 1 is 1.25 bits per heavy atom. The second-order valence-electron chi connectivity index (χ2n) is 3.98. The lowest BCUT2D eigenvalue weighted by atomic mass is 10.1. The van der Waals surface area contributed by atoms with Crippen LogP contribution in [0.4, 0.5) is 0 Å². The van der Waals surface area contributed by atoms with E-state index in [9.17, 15) is 9.59 Å². The van der Waals surface area contributed by atoms with Gasteiger partial charge in [0.15, 0.2) is 11.5 Å². The van der Waals surface area contributed by atoms with Crippen molar-refractivity contribution < 1.29 is 29.6 Å². The maximum absolute atomic E-state index is 11.0. The van der Waals surface area contributed by atoms with Crippen molar-refractivity contribution in [1.29, 1.82) is 0 Å². The van der Waals surface area contributed by atoms with Gasteiger partial charge in [0.1, 0.15) is 6.04 Å². The highest BCUT2D eigenvalue weighted by Gasteiger charge is 2.19. The standard InChI is InChI=1S/C13H17NO5.H2O/c1-8(15)14-10(13(16)17)6-9-4-5-11(18-2)12(7-9)19-3;/h4-5,7,10H,6H2,1-3H3,(H,14,15)(H,16,17);1H2. The largest absolute Gasteiger partial charge is 0.493 e. The molecule has 0 aromatic heterocycles. The maximum Gasteiger partial charge on any atom is 0.326 e. The lowest BCUT2D eigenvalue weighted by molar-refractivity contribution is -0.141. The number of aliphatic carboxylic acids is 1. The van der Waals surface area contributed by atoms with Crippen LogP contribution in [-0.4, -0.2) is 42.7 Å². The highest BCUT2D eigenvalue weighted by Crippen LogP contribution is 2.27. The molecule has 0 heterocycles. The summed E-state index contributed by atoms with van der Waals surface area (Å²) < 4.78 is 10.2. The van der Waals surface area contributed by atoms with E-state index in [-0.39, 0.29) is 17.8 Å². The smallest absolute Gasteiger partial charge is 0.326 e. The van der Waals surface area contributed by atoms with E-state index in [0.717, 1.165) is 5.56 Å². The summed E-state index contributed by atoms with van der Waals surface area (Å²) in [6.45, 7) is 1.28. The second-order valence-corrected chi connectivity index (χ2v) is 3.98. The van der Waals surface area contributed by atoms with Gasteiger partial charge in [-0.05, 0) is 17.7 Å². The molecule has 0 aliphatic rings. The molecule has 1 atom stereocenters. The quantitative estimate of drug-likeness (QED) is 0.763. The average molecular weight is 285 g/mol. The molecule has 7 nitrogen and oxygen atoms in total. The normalized spacial score (nSPS) is 10.9. The van der Waals surface area contributed by atoms with E-state index in [1.165, 1.54) is 21.1 Å². The monoisotopic (exact) mass is 285 g/mol. The van der Waals surface area contributed by atoms with E-state index in [4.69, 9.17) is 14.6 Å². The van der Waals surface area contributed by atoms with Gasteiger partial charge >= 0.3 is 5.97 Å². The lowest BCUT2D eigenvalue weighted by Gasteiger charge is -2.14. The number of carbonyl (C=O) groups excluding carboxylic acids is 1. The van der Waals surface area contributed by atoms with E-state index in [1.807, 2.05) is 0 Å². The molecule has 1 unspecified atom stereocenters. The van der Waals surface area contributed by atoms with Crippen molar-refractivity contribution in [2.45, 2.75) is 19.4 Å². The van der Waals surface area contributed by atoms with Crippen LogP contribution in [0.5, 0.6) is 11.5 Å². The maximum atomic E-state index is 11.0. The summed E-state index contributed by atoms with van der Waals surface area (Å²) in [5.74, 6) is -0.373. The minimum atomic E-state index is -1.08. The van der Waals surface area contributed by atoms with E-state index >= 15 is 0 Å². The van der Waals surface area contributed by atoms with Crippen molar-refractivity contribution in [3.63, 3.8) is 0 Å². The fraction of sp³-hybridized carbons (Fsp3) is 0.385. The molecular weight excluding hydrogens is 266 g/mol. The van der Waals surface area contributed by atoms with Crippen LogP contribution in [0, 0.1) is 0 Å². The Labute approximate surface area is 116 Å². The van der Waals surface area contributed by atoms with Gasteiger partial charge in [0.25, 0.3) is 0 Å². The van der Waals surface area contributed by atoms with Gasteiger partial charge in [0, 0.05) is 13.3 Å². The number of carbonyl (C=O) groups is 2. The number of carboxylic acids is 1. The number of amides is 1. The molecule has 0 saturated heterocycles. The van der Waals surface area contributed by atoms with Gasteiger partial charge in [-0.3, -0.25) is 4.79 Å². The first-order chi connectivity index (χ1) is 8.97. The van der Waals surface area contributed by atoms with Crippen LogP contribution in [0.25, 0.3) is 0 Å². The van der Waals surface area contributed by atoms with Crippen molar-refractivity contribution in [2.75, 3.05) is 14.2 Å². The summed E-state index contributed by atoms with van der Waals surface area (Å²) in [7, 11) is 3.03. The predicted molar refractivity (Wildman–Crippen MR) is 72.1 cm³/mol. The molecule has 0 bridgehead atoms. The van der Waals surface area contributed by atoms with Crippen molar-refractivity contribution in [2.24, 2.45) is 0 Å². The molecule has 1 rings (SSSR count). The highest BCUT2D eigenvalue weighted by molar-refractivity contribution is 5.82. The topological polar surface area (TPSA) is 116 Å². The van der Waals surface area contributed by atoms with Crippen molar-refractivity contribution in [3.8, 4) is 11.5 Å². The van der Waals surface area contributed by atoms with Gasteiger partial charge in [-0.1, -0.05) is 6.07 Å². The number of rotatable bonds is 6. The van der Waals surface area contributed by atoms with E-state index in [1.54, 1.807) is 18.2 Å². The van der Waals surface area contributed by atoms with E-state index in [0.29, 0.717) is 11.5 Å². The Kier molecular flexibility index (Phi) is 7.09. The molecule has 1 amide bonds. The van der Waals surface area contributed by atoms with Crippen LogP contribution in [0.3, 0.4) is 0 Å². The highest BCUT2D eigenvalue weighted by atomic mass is 16.5. The Morgan fingerprint density at radius 3 is 2.30 bits per heavy atom. The van der Waals surface area contributed by atoms with Crippen LogP contribution in [0.1, 0.15) is 12.5 Å². The molecule has 0 spiro atoms. The second kappa shape index (κ2) is 8.00. The minimum absolute atomic E-state index is 0. The third-order valence-corrected chi connectivity index (χ3v) is 2.56. The summed E-state index contributed by atoms with van der Waals surface area (Å²) >= 11 is 0. The molecule has 4 N–H and O–H groups in total. The summed E-state index contributed by atoms with van der Waals surface area (Å²) in [5.41, 5.74) is 0.735. The number of carboxylic acid groups (broad SMARTS) is 1. The van der Waals surface area contributed by atoms with Crippen molar-refractivity contribution in [1.82, 2.24) is 5.32 Å². The number of methoxy groups -OCH3 is 2. The Morgan fingerprint density at radius 2 is 1.85 bits per heavy atom. The third-order valence-electron chi connectivity index (χ3n) is 2.56. The molecule has 1 aromatic rings. The van der Waals surface area contributed by atoms with Crippen molar-refractivity contribution in [3.05, 3.63) is 23.8 Å². The molecule has 0 fully saturated rings. The predicted octanol–water partition coefficient (Wildman–Crippen LogP) is 0.0109. The third kappa shape index (κ3) is 4.77. The lowest BCUT2D eigenvalue weighted by Crippen LogP contribution is -2.41. The van der Waals surface area contributed by atoms with Crippen LogP contribution < -0.4 is 14.8 Å². The number of ether oxygens (including phenoxy) is 2. The minimum Gasteiger partial charge on any atom is -0.493 e. The Hall–Kier alpha value is -2.28. The summed E-state index contributed by atoms with van der Waals surface area (Å²) in [6.07, 6.45) is 0.176. The van der Waals surface area contributed by atoms with Gasteiger partial charge in [0.05, 0.1) is 14.2 Å². The summed E-state index contributed by atoms with van der Waals surface area (Å²) in [5, 5.41) is 11.4. The molecule has 0 saturated carbocycles. The molecule has 0 radical (unpaired) electrons. The SMILES string of the molecule is COc1ccc(CC(NC(C)=O)C(=O)O)cc1OC.O. The molecule has 20 heavy (non-hydrogen) atoms. The average Bonchev–Trinajstić information content (AvgIpc) is 2.37. The summed E-state index contributed by atoms with van der Waals surface area (Å²) in [6, 6.07) is 4.16. The van der Waals surface area contributed by atoms with Crippen LogP contribution in [-0.2, 0) is 16.0 Å². The molecule has 0 aliphatic heterocycles. The number of nitrogens with one attached hydrogen (secondary N) is 1. The number of benzene rings is 1. The van der Waals surface area contributed by atoms with Gasteiger partial charge in [-0.15, -0.1) is 0 Å². The fourth-order valence-electron chi connectivity index (χ4n) is 1.69.